The van der Waals surface area contributed by atoms with Crippen LogP contribution in [0.5, 0.6) is 0 Å². The predicted octanol–water partition coefficient (Wildman–Crippen LogP) is 4.22. The molecule has 1 amide bonds. The number of hydrogen-bond acceptors (Lipinski definition) is 2. The van der Waals surface area contributed by atoms with E-state index in [0.717, 1.165) is 44.5 Å². The predicted molar refractivity (Wildman–Crippen MR) is 87.7 cm³/mol. The van der Waals surface area contributed by atoms with Gasteiger partial charge in [0.25, 0.3) is 0 Å². The number of amides is 1. The van der Waals surface area contributed by atoms with Crippen LogP contribution in [0.4, 0.5) is 18.9 Å². The van der Waals surface area contributed by atoms with Crippen molar-refractivity contribution in [2.75, 3.05) is 18.4 Å². The smallest absolute Gasteiger partial charge is 0.326 e. The van der Waals surface area contributed by atoms with Gasteiger partial charge in [0.05, 0.1) is 5.56 Å². The minimum absolute atomic E-state index is 0. The molecule has 3 rings (SSSR count). The molecule has 1 aromatic carbocycles. The Morgan fingerprint density at radius 1 is 1.26 bits per heavy atom. The molecule has 1 saturated heterocycles. The fourth-order valence-corrected chi connectivity index (χ4v) is 3.74. The summed E-state index contributed by atoms with van der Waals surface area (Å²) in [6.07, 6.45) is -1.69. The zero-order valence-corrected chi connectivity index (χ0v) is 14.6. The normalized spacial score (nSPS) is 22.3. The largest absolute Gasteiger partial charge is 0.416 e. The first-order valence-electron chi connectivity index (χ1n) is 7.20. The Balaban J connectivity index is 0.00000192. The molecule has 2 aliphatic rings. The highest BCUT2D eigenvalue weighted by molar-refractivity contribution is 9.10. The average Bonchev–Trinajstić information content (AvgIpc) is 3.11. The van der Waals surface area contributed by atoms with Gasteiger partial charge in [0.2, 0.25) is 5.91 Å². The average molecular weight is 414 g/mol. The molecular weight excluding hydrogens is 397 g/mol. The van der Waals surface area contributed by atoms with Gasteiger partial charge in [0.1, 0.15) is 0 Å². The van der Waals surface area contributed by atoms with E-state index in [1.165, 1.54) is 6.07 Å². The number of rotatable bonds is 2. The molecule has 1 aliphatic carbocycles. The van der Waals surface area contributed by atoms with Crippen LogP contribution in [0.3, 0.4) is 0 Å². The van der Waals surface area contributed by atoms with Crippen LogP contribution in [0.1, 0.15) is 24.8 Å². The van der Waals surface area contributed by atoms with Crippen LogP contribution in [0.25, 0.3) is 0 Å². The molecule has 0 radical (unpaired) electrons. The van der Waals surface area contributed by atoms with Gasteiger partial charge in [0, 0.05) is 16.1 Å². The lowest BCUT2D eigenvalue weighted by atomic mass is 9.92. The third-order valence-electron chi connectivity index (χ3n) is 4.60. The molecule has 1 aliphatic heterocycles. The van der Waals surface area contributed by atoms with Gasteiger partial charge in [0.15, 0.2) is 0 Å². The summed E-state index contributed by atoms with van der Waals surface area (Å²) in [6.45, 7) is 1.80. The lowest BCUT2D eigenvalue weighted by Crippen LogP contribution is -2.31. The van der Waals surface area contributed by atoms with Gasteiger partial charge in [-0.1, -0.05) is 15.9 Å². The lowest BCUT2D eigenvalue weighted by molar-refractivity contribution is -0.137. The molecule has 2 fully saturated rings. The number of halogens is 5. The monoisotopic (exact) mass is 412 g/mol. The van der Waals surface area contributed by atoms with Crippen LogP contribution in [-0.2, 0) is 11.0 Å². The standard InChI is InChI=1S/C15H16BrF3N2O.ClH/c16-10-5-9(15(17,18)19)6-11(7-10)21-13(22)12-8-14(12)1-3-20-4-2-14;/h5-7,12,20H,1-4,8H2,(H,21,22);1H. The van der Waals surface area contributed by atoms with Gasteiger partial charge in [-0.25, -0.2) is 0 Å². The highest BCUT2D eigenvalue weighted by Gasteiger charge is 2.57. The van der Waals surface area contributed by atoms with Crippen molar-refractivity contribution < 1.29 is 18.0 Å². The molecule has 128 valence electrons. The van der Waals surface area contributed by atoms with Crippen molar-refractivity contribution in [3.05, 3.63) is 28.2 Å². The van der Waals surface area contributed by atoms with Crippen LogP contribution in [0, 0.1) is 11.3 Å². The van der Waals surface area contributed by atoms with Crippen molar-refractivity contribution in [3.63, 3.8) is 0 Å². The van der Waals surface area contributed by atoms with Crippen molar-refractivity contribution >= 4 is 39.9 Å². The van der Waals surface area contributed by atoms with Crippen molar-refractivity contribution in [1.29, 1.82) is 0 Å². The summed E-state index contributed by atoms with van der Waals surface area (Å²) in [5.74, 6) is -0.254. The minimum Gasteiger partial charge on any atom is -0.326 e. The summed E-state index contributed by atoms with van der Waals surface area (Å²) in [5, 5.41) is 5.90. The fraction of sp³-hybridized carbons (Fsp3) is 0.533. The summed E-state index contributed by atoms with van der Waals surface area (Å²) < 4.78 is 38.7. The summed E-state index contributed by atoms with van der Waals surface area (Å²) >= 11 is 3.06. The molecule has 0 aromatic heterocycles. The second-order valence-electron chi connectivity index (χ2n) is 6.08. The highest BCUT2D eigenvalue weighted by atomic mass is 79.9. The molecule has 1 aromatic rings. The molecule has 1 atom stereocenters. The summed E-state index contributed by atoms with van der Waals surface area (Å²) in [5.41, 5.74) is -0.527. The molecular formula is C15H17BrClF3N2O. The summed E-state index contributed by atoms with van der Waals surface area (Å²) in [6, 6.07) is 3.46. The third-order valence-corrected chi connectivity index (χ3v) is 5.06. The maximum Gasteiger partial charge on any atom is 0.416 e. The maximum absolute atomic E-state index is 12.8. The Morgan fingerprint density at radius 2 is 1.91 bits per heavy atom. The number of nitrogens with one attached hydrogen (secondary N) is 2. The Labute approximate surface area is 146 Å². The fourth-order valence-electron chi connectivity index (χ4n) is 3.25. The molecule has 0 bridgehead atoms. The summed E-state index contributed by atoms with van der Waals surface area (Å²) in [7, 11) is 0. The second-order valence-corrected chi connectivity index (χ2v) is 7.00. The number of alkyl halides is 3. The lowest BCUT2D eigenvalue weighted by Gasteiger charge is -2.23. The summed E-state index contributed by atoms with van der Waals surface area (Å²) in [4.78, 5) is 12.3. The van der Waals surface area contributed by atoms with E-state index in [0.29, 0.717) is 4.47 Å². The molecule has 1 spiro atoms. The van der Waals surface area contributed by atoms with Crippen molar-refractivity contribution in [1.82, 2.24) is 5.32 Å². The SMILES string of the molecule is Cl.O=C(Nc1cc(Br)cc(C(F)(F)F)c1)C1CC12CCNCC2. The molecule has 3 nitrogen and oxygen atoms in total. The molecule has 2 N–H and O–H groups in total. The zero-order valence-electron chi connectivity index (χ0n) is 12.2. The number of anilines is 1. The first-order chi connectivity index (χ1) is 10.3. The Bertz CT molecular complexity index is 603. The van der Waals surface area contributed by atoms with E-state index < -0.39 is 11.7 Å². The zero-order chi connectivity index (χ0) is 16.0. The molecule has 1 heterocycles. The van der Waals surface area contributed by atoms with E-state index in [4.69, 9.17) is 0 Å². The Kier molecular flexibility index (Phi) is 5.33. The van der Waals surface area contributed by atoms with Gasteiger partial charge in [-0.3, -0.25) is 4.79 Å². The second kappa shape index (κ2) is 6.61. The van der Waals surface area contributed by atoms with E-state index in [-0.39, 0.29) is 35.3 Å². The van der Waals surface area contributed by atoms with Crippen LogP contribution in [0.15, 0.2) is 22.7 Å². The Hall–Kier alpha value is -0.790. The van der Waals surface area contributed by atoms with Crippen LogP contribution in [-0.4, -0.2) is 19.0 Å². The van der Waals surface area contributed by atoms with E-state index in [1.54, 1.807) is 0 Å². The number of piperidine rings is 1. The van der Waals surface area contributed by atoms with Crippen LogP contribution in [0.2, 0.25) is 0 Å². The van der Waals surface area contributed by atoms with Gasteiger partial charge < -0.3 is 10.6 Å². The van der Waals surface area contributed by atoms with Gasteiger partial charge in [-0.2, -0.15) is 13.2 Å². The molecule has 8 heteroatoms. The molecule has 1 saturated carbocycles. The van der Waals surface area contributed by atoms with E-state index in [9.17, 15) is 18.0 Å². The van der Waals surface area contributed by atoms with E-state index in [2.05, 4.69) is 26.6 Å². The van der Waals surface area contributed by atoms with E-state index >= 15 is 0 Å². The topological polar surface area (TPSA) is 41.1 Å². The Morgan fingerprint density at radius 3 is 2.52 bits per heavy atom. The number of benzene rings is 1. The van der Waals surface area contributed by atoms with Gasteiger partial charge in [-0.05, 0) is 56.0 Å². The van der Waals surface area contributed by atoms with Gasteiger partial charge >= 0.3 is 6.18 Å². The first kappa shape index (κ1) is 18.5. The molecule has 1 unspecified atom stereocenters. The minimum atomic E-state index is -4.43. The maximum atomic E-state index is 12.8. The van der Waals surface area contributed by atoms with E-state index in [1.807, 2.05) is 0 Å². The quantitative estimate of drug-likeness (QED) is 0.762. The first-order valence-corrected chi connectivity index (χ1v) is 7.99. The van der Waals surface area contributed by atoms with Crippen molar-refractivity contribution in [3.8, 4) is 0 Å². The van der Waals surface area contributed by atoms with Gasteiger partial charge in [-0.15, -0.1) is 12.4 Å². The third kappa shape index (κ3) is 4.00. The van der Waals surface area contributed by atoms with Crippen molar-refractivity contribution in [2.45, 2.75) is 25.4 Å². The number of carbonyl (C=O) groups excluding carboxylic acids is 1. The van der Waals surface area contributed by atoms with Crippen molar-refractivity contribution in [2.24, 2.45) is 11.3 Å². The highest BCUT2D eigenvalue weighted by Crippen LogP contribution is 2.58. The van der Waals surface area contributed by atoms with Crippen LogP contribution >= 0.6 is 28.3 Å². The molecule has 23 heavy (non-hydrogen) atoms. The van der Waals surface area contributed by atoms with Crippen LogP contribution < -0.4 is 10.6 Å². The number of hydrogen-bond donors (Lipinski definition) is 2. The number of carbonyl (C=O) groups is 1.